The molecular formula is C14H14FN3O2. The van der Waals surface area contributed by atoms with Crippen LogP contribution in [0.1, 0.15) is 15.9 Å². The highest BCUT2D eigenvalue weighted by Crippen LogP contribution is 2.19. The van der Waals surface area contributed by atoms with Crippen molar-refractivity contribution in [1.82, 2.24) is 4.98 Å². The van der Waals surface area contributed by atoms with Crippen LogP contribution in [0.15, 0.2) is 30.5 Å². The monoisotopic (exact) mass is 275 g/mol. The second kappa shape index (κ2) is 5.56. The van der Waals surface area contributed by atoms with Gasteiger partial charge in [-0.2, -0.15) is 0 Å². The highest BCUT2D eigenvalue weighted by molar-refractivity contribution is 6.04. The van der Waals surface area contributed by atoms with Gasteiger partial charge in [-0.3, -0.25) is 4.79 Å². The molecule has 5 nitrogen and oxygen atoms in total. The largest absolute Gasteiger partial charge is 0.497 e. The Morgan fingerprint density at radius 1 is 1.40 bits per heavy atom. The normalized spacial score (nSPS) is 10.2. The van der Waals surface area contributed by atoms with E-state index in [-0.39, 0.29) is 5.56 Å². The van der Waals surface area contributed by atoms with Crippen molar-refractivity contribution in [3.8, 4) is 5.75 Å². The first kappa shape index (κ1) is 13.8. The Hall–Kier alpha value is -2.63. The van der Waals surface area contributed by atoms with Crippen LogP contribution in [0.2, 0.25) is 0 Å². The van der Waals surface area contributed by atoms with Crippen molar-refractivity contribution in [2.45, 2.75) is 6.92 Å². The number of nitrogens with one attached hydrogen (secondary N) is 1. The fraction of sp³-hybridized carbons (Fsp3) is 0.143. The van der Waals surface area contributed by atoms with E-state index in [2.05, 4.69) is 10.3 Å². The van der Waals surface area contributed by atoms with Crippen molar-refractivity contribution >= 4 is 17.4 Å². The lowest BCUT2D eigenvalue weighted by Crippen LogP contribution is -2.15. The molecule has 104 valence electrons. The molecule has 20 heavy (non-hydrogen) atoms. The standard InChI is InChI=1S/C14H14FN3O2/c1-8-5-9(16)7-17-13(8)18-14(19)11-4-3-10(20-2)6-12(11)15/h3-7H,16H2,1-2H3,(H,17,18,19). The third kappa shape index (κ3) is 2.85. The number of halogens is 1. The van der Waals surface area contributed by atoms with Crippen LogP contribution < -0.4 is 15.8 Å². The van der Waals surface area contributed by atoms with Gasteiger partial charge in [0.2, 0.25) is 0 Å². The third-order valence-electron chi connectivity index (χ3n) is 2.75. The molecule has 6 heteroatoms. The number of anilines is 2. The molecular weight excluding hydrogens is 261 g/mol. The molecule has 0 aliphatic rings. The zero-order valence-corrected chi connectivity index (χ0v) is 11.1. The van der Waals surface area contributed by atoms with E-state index in [1.165, 1.54) is 25.4 Å². The summed E-state index contributed by atoms with van der Waals surface area (Å²) in [6.45, 7) is 1.75. The number of carbonyl (C=O) groups excluding carboxylic acids is 1. The van der Waals surface area contributed by atoms with Crippen LogP contribution in [0.25, 0.3) is 0 Å². The molecule has 1 aromatic heterocycles. The summed E-state index contributed by atoms with van der Waals surface area (Å²) < 4.78 is 18.7. The van der Waals surface area contributed by atoms with Gasteiger partial charge >= 0.3 is 0 Å². The lowest BCUT2D eigenvalue weighted by molar-refractivity contribution is 0.102. The minimum absolute atomic E-state index is 0.0798. The van der Waals surface area contributed by atoms with Crippen molar-refractivity contribution in [2.75, 3.05) is 18.2 Å². The Bertz CT molecular complexity index is 659. The van der Waals surface area contributed by atoms with E-state index < -0.39 is 11.7 Å². The number of aryl methyl sites for hydroxylation is 1. The molecule has 2 rings (SSSR count). The van der Waals surface area contributed by atoms with Gasteiger partial charge in [0.15, 0.2) is 0 Å². The smallest absolute Gasteiger partial charge is 0.259 e. The van der Waals surface area contributed by atoms with Crippen molar-refractivity contribution in [3.05, 3.63) is 47.4 Å². The maximum atomic E-state index is 13.8. The number of hydrogen-bond donors (Lipinski definition) is 2. The average Bonchev–Trinajstić information content (AvgIpc) is 2.41. The first-order valence-electron chi connectivity index (χ1n) is 5.88. The van der Waals surface area contributed by atoms with Crippen LogP contribution in [0, 0.1) is 12.7 Å². The Morgan fingerprint density at radius 3 is 2.75 bits per heavy atom. The van der Waals surface area contributed by atoms with Crippen molar-refractivity contribution in [1.29, 1.82) is 0 Å². The van der Waals surface area contributed by atoms with E-state index in [9.17, 15) is 9.18 Å². The van der Waals surface area contributed by atoms with Gasteiger partial charge < -0.3 is 15.8 Å². The van der Waals surface area contributed by atoms with Crippen LogP contribution in [0.4, 0.5) is 15.9 Å². The first-order valence-corrected chi connectivity index (χ1v) is 5.88. The molecule has 0 bridgehead atoms. The van der Waals surface area contributed by atoms with E-state index in [1.54, 1.807) is 13.0 Å². The number of hydrogen-bond acceptors (Lipinski definition) is 4. The van der Waals surface area contributed by atoms with Crippen LogP contribution in [0.3, 0.4) is 0 Å². The fourth-order valence-corrected chi connectivity index (χ4v) is 1.71. The lowest BCUT2D eigenvalue weighted by atomic mass is 10.2. The molecule has 0 fully saturated rings. The average molecular weight is 275 g/mol. The summed E-state index contributed by atoms with van der Waals surface area (Å²) in [6.07, 6.45) is 1.42. The number of nitrogens with zero attached hydrogens (tertiary/aromatic N) is 1. The first-order chi connectivity index (χ1) is 9.51. The van der Waals surface area contributed by atoms with Crippen molar-refractivity contribution in [3.63, 3.8) is 0 Å². The van der Waals surface area contributed by atoms with E-state index >= 15 is 0 Å². The zero-order valence-electron chi connectivity index (χ0n) is 11.1. The number of amides is 1. The van der Waals surface area contributed by atoms with E-state index in [0.717, 1.165) is 6.07 Å². The Kier molecular flexibility index (Phi) is 3.84. The molecule has 1 amide bonds. The van der Waals surface area contributed by atoms with Gasteiger partial charge in [-0.15, -0.1) is 0 Å². The maximum Gasteiger partial charge on any atom is 0.259 e. The van der Waals surface area contributed by atoms with Gasteiger partial charge in [-0.1, -0.05) is 0 Å². The zero-order chi connectivity index (χ0) is 14.7. The van der Waals surface area contributed by atoms with Gasteiger partial charge in [-0.05, 0) is 30.7 Å². The number of nitrogen functional groups attached to an aromatic ring is 1. The highest BCUT2D eigenvalue weighted by atomic mass is 19.1. The molecule has 0 spiro atoms. The predicted octanol–water partition coefficient (Wildman–Crippen LogP) is 2.37. The highest BCUT2D eigenvalue weighted by Gasteiger charge is 2.14. The number of aromatic nitrogens is 1. The number of ether oxygens (including phenoxy) is 1. The predicted molar refractivity (Wildman–Crippen MR) is 74.3 cm³/mol. The van der Waals surface area contributed by atoms with Crippen LogP contribution >= 0.6 is 0 Å². The second-order valence-electron chi connectivity index (χ2n) is 4.23. The molecule has 0 atom stereocenters. The Morgan fingerprint density at radius 2 is 2.15 bits per heavy atom. The summed E-state index contributed by atoms with van der Waals surface area (Å²) in [4.78, 5) is 16.0. The molecule has 0 aliphatic heterocycles. The summed E-state index contributed by atoms with van der Waals surface area (Å²) in [6, 6.07) is 5.70. The van der Waals surface area contributed by atoms with E-state index in [1.807, 2.05) is 0 Å². The van der Waals surface area contributed by atoms with Gasteiger partial charge in [0.05, 0.1) is 24.6 Å². The molecule has 0 saturated carbocycles. The number of carbonyl (C=O) groups is 1. The third-order valence-corrected chi connectivity index (χ3v) is 2.75. The maximum absolute atomic E-state index is 13.8. The topological polar surface area (TPSA) is 77.2 Å². The summed E-state index contributed by atoms with van der Waals surface area (Å²) in [7, 11) is 1.43. The minimum atomic E-state index is -0.657. The number of methoxy groups -OCH3 is 1. The van der Waals surface area contributed by atoms with Gasteiger partial charge in [0, 0.05) is 6.07 Å². The van der Waals surface area contributed by atoms with Crippen molar-refractivity contribution in [2.24, 2.45) is 0 Å². The molecule has 1 aromatic carbocycles. The van der Waals surface area contributed by atoms with Crippen LogP contribution in [-0.2, 0) is 0 Å². The molecule has 0 aliphatic carbocycles. The number of rotatable bonds is 3. The molecule has 0 unspecified atom stereocenters. The summed E-state index contributed by atoms with van der Waals surface area (Å²) in [5.74, 6) is -0.541. The van der Waals surface area contributed by atoms with Crippen molar-refractivity contribution < 1.29 is 13.9 Å². The minimum Gasteiger partial charge on any atom is -0.497 e. The number of pyridine rings is 1. The van der Waals surface area contributed by atoms with Crippen LogP contribution in [-0.4, -0.2) is 18.0 Å². The number of nitrogens with two attached hydrogens (primary N) is 1. The fourth-order valence-electron chi connectivity index (χ4n) is 1.71. The Labute approximate surface area is 115 Å². The van der Waals surface area contributed by atoms with Gasteiger partial charge in [-0.25, -0.2) is 9.37 Å². The SMILES string of the molecule is COc1ccc(C(=O)Nc2ncc(N)cc2C)c(F)c1. The molecule has 3 N–H and O–H groups in total. The summed E-state index contributed by atoms with van der Waals surface area (Å²) in [5, 5.41) is 2.55. The Balaban J connectivity index is 2.24. The van der Waals surface area contributed by atoms with E-state index in [0.29, 0.717) is 22.8 Å². The van der Waals surface area contributed by atoms with Crippen LogP contribution in [0.5, 0.6) is 5.75 Å². The number of benzene rings is 1. The van der Waals surface area contributed by atoms with Gasteiger partial charge in [0.25, 0.3) is 5.91 Å². The molecule has 0 saturated heterocycles. The molecule has 1 heterocycles. The van der Waals surface area contributed by atoms with Gasteiger partial charge in [0.1, 0.15) is 17.4 Å². The lowest BCUT2D eigenvalue weighted by Gasteiger charge is -2.09. The quantitative estimate of drug-likeness (QED) is 0.901. The summed E-state index contributed by atoms with van der Waals surface area (Å²) >= 11 is 0. The molecule has 2 aromatic rings. The second-order valence-corrected chi connectivity index (χ2v) is 4.23. The van der Waals surface area contributed by atoms with E-state index in [4.69, 9.17) is 10.5 Å². The summed E-state index contributed by atoms with van der Waals surface area (Å²) in [5.41, 5.74) is 6.69. The molecule has 0 radical (unpaired) electrons.